The van der Waals surface area contributed by atoms with Crippen LogP contribution in [-0.4, -0.2) is 45.8 Å². The standard InChI is InChI=1S/C11H9NO9/c13-5-20-10(16)8(14)9(15)11(17)21-7-3-1-6(2-4-7)12(18)19/h1-5,8-9,14-15H. The Kier molecular flexibility index (Phi) is 5.46. The smallest absolute Gasteiger partial charge is 0.345 e. The van der Waals surface area contributed by atoms with Crippen LogP contribution in [0.4, 0.5) is 5.69 Å². The second kappa shape index (κ2) is 7.07. The van der Waals surface area contributed by atoms with Crippen LogP contribution in [0.15, 0.2) is 24.3 Å². The van der Waals surface area contributed by atoms with E-state index in [1.54, 1.807) is 0 Å². The van der Waals surface area contributed by atoms with E-state index in [-0.39, 0.29) is 17.9 Å². The topological polar surface area (TPSA) is 153 Å². The first-order valence-electron chi connectivity index (χ1n) is 5.33. The van der Waals surface area contributed by atoms with E-state index in [1.165, 1.54) is 0 Å². The van der Waals surface area contributed by atoms with E-state index in [9.17, 15) is 34.7 Å². The van der Waals surface area contributed by atoms with E-state index in [0.717, 1.165) is 24.3 Å². The molecule has 1 aromatic carbocycles. The molecule has 2 atom stereocenters. The highest BCUT2D eigenvalue weighted by Crippen LogP contribution is 2.18. The van der Waals surface area contributed by atoms with Gasteiger partial charge in [0.15, 0.2) is 12.2 Å². The van der Waals surface area contributed by atoms with Gasteiger partial charge in [0.25, 0.3) is 5.69 Å². The molecule has 0 aromatic heterocycles. The number of hydrogen-bond acceptors (Lipinski definition) is 9. The van der Waals surface area contributed by atoms with Crippen molar-refractivity contribution >= 4 is 24.1 Å². The summed E-state index contributed by atoms with van der Waals surface area (Å²) >= 11 is 0. The first-order valence-corrected chi connectivity index (χ1v) is 5.33. The molecule has 10 heteroatoms. The summed E-state index contributed by atoms with van der Waals surface area (Å²) in [4.78, 5) is 42.0. The largest absolute Gasteiger partial charge is 0.425 e. The highest BCUT2D eigenvalue weighted by atomic mass is 16.6. The number of carbonyl (C=O) groups is 3. The van der Waals surface area contributed by atoms with Gasteiger partial charge in [0.2, 0.25) is 0 Å². The molecule has 0 heterocycles. The summed E-state index contributed by atoms with van der Waals surface area (Å²) in [5.41, 5.74) is -0.245. The van der Waals surface area contributed by atoms with Crippen LogP contribution in [0.2, 0.25) is 0 Å². The fourth-order valence-corrected chi connectivity index (χ4v) is 1.19. The minimum absolute atomic E-state index is 0.152. The van der Waals surface area contributed by atoms with Crippen molar-refractivity contribution in [2.24, 2.45) is 0 Å². The van der Waals surface area contributed by atoms with Crippen molar-refractivity contribution in [1.82, 2.24) is 0 Å². The van der Waals surface area contributed by atoms with E-state index < -0.39 is 29.1 Å². The minimum atomic E-state index is -2.30. The van der Waals surface area contributed by atoms with Gasteiger partial charge in [-0.05, 0) is 12.1 Å². The third kappa shape index (κ3) is 4.33. The molecule has 21 heavy (non-hydrogen) atoms. The van der Waals surface area contributed by atoms with Gasteiger partial charge in [-0.2, -0.15) is 0 Å². The molecule has 0 aliphatic heterocycles. The fourth-order valence-electron chi connectivity index (χ4n) is 1.19. The molecule has 1 aromatic rings. The number of non-ortho nitro benzene ring substituents is 1. The molecule has 112 valence electrons. The van der Waals surface area contributed by atoms with Crippen molar-refractivity contribution in [3.05, 3.63) is 34.4 Å². The Bertz CT molecular complexity index is 553. The van der Waals surface area contributed by atoms with Crippen LogP contribution in [0.25, 0.3) is 0 Å². The van der Waals surface area contributed by atoms with Gasteiger partial charge >= 0.3 is 18.4 Å². The molecule has 0 saturated carbocycles. The number of nitro benzene ring substituents is 1. The first-order chi connectivity index (χ1) is 9.86. The summed E-state index contributed by atoms with van der Waals surface area (Å²) in [7, 11) is 0. The summed E-state index contributed by atoms with van der Waals surface area (Å²) in [5.74, 6) is -3.09. The van der Waals surface area contributed by atoms with Crippen molar-refractivity contribution in [2.75, 3.05) is 0 Å². The first kappa shape index (κ1) is 16.2. The Balaban J connectivity index is 2.69. The van der Waals surface area contributed by atoms with Crippen LogP contribution in [0.1, 0.15) is 0 Å². The normalized spacial score (nSPS) is 12.9. The van der Waals surface area contributed by atoms with Crippen molar-refractivity contribution in [3.8, 4) is 5.75 Å². The molecule has 0 aliphatic carbocycles. The average Bonchev–Trinajstić information content (AvgIpc) is 2.46. The van der Waals surface area contributed by atoms with Crippen molar-refractivity contribution in [1.29, 1.82) is 0 Å². The molecule has 2 N–H and O–H groups in total. The Morgan fingerprint density at radius 3 is 2.14 bits per heavy atom. The molecular formula is C11H9NO9. The number of hydrogen-bond donors (Lipinski definition) is 2. The fraction of sp³-hybridized carbons (Fsp3) is 0.182. The third-order valence-electron chi connectivity index (χ3n) is 2.21. The molecule has 0 aliphatic rings. The Morgan fingerprint density at radius 2 is 1.67 bits per heavy atom. The number of ether oxygens (including phenoxy) is 2. The van der Waals surface area contributed by atoms with E-state index in [4.69, 9.17) is 0 Å². The number of esters is 2. The SMILES string of the molecule is O=COC(=O)C(O)C(O)C(=O)Oc1ccc([N+](=O)[O-])cc1. The van der Waals surface area contributed by atoms with Gasteiger partial charge in [-0.15, -0.1) is 0 Å². The molecule has 0 saturated heterocycles. The lowest BCUT2D eigenvalue weighted by atomic mass is 10.2. The van der Waals surface area contributed by atoms with Crippen LogP contribution >= 0.6 is 0 Å². The van der Waals surface area contributed by atoms with Crippen molar-refractivity contribution < 1.29 is 39.0 Å². The van der Waals surface area contributed by atoms with E-state index in [1.807, 2.05) is 0 Å². The Labute approximate surface area is 116 Å². The zero-order chi connectivity index (χ0) is 16.0. The van der Waals surface area contributed by atoms with Gasteiger partial charge in [0, 0.05) is 12.1 Å². The van der Waals surface area contributed by atoms with Gasteiger partial charge in [0.05, 0.1) is 4.92 Å². The lowest BCUT2D eigenvalue weighted by Crippen LogP contribution is -2.42. The van der Waals surface area contributed by atoms with E-state index in [0.29, 0.717) is 0 Å². The molecule has 0 bridgehead atoms. The van der Waals surface area contributed by atoms with E-state index in [2.05, 4.69) is 9.47 Å². The molecular weight excluding hydrogens is 290 g/mol. The van der Waals surface area contributed by atoms with Crippen LogP contribution in [0.3, 0.4) is 0 Å². The van der Waals surface area contributed by atoms with Gasteiger partial charge in [-0.25, -0.2) is 9.59 Å². The molecule has 10 nitrogen and oxygen atoms in total. The number of aliphatic hydroxyl groups excluding tert-OH is 2. The lowest BCUT2D eigenvalue weighted by Gasteiger charge is -2.13. The second-order valence-corrected chi connectivity index (χ2v) is 3.59. The second-order valence-electron chi connectivity index (χ2n) is 3.59. The third-order valence-corrected chi connectivity index (χ3v) is 2.21. The van der Waals surface area contributed by atoms with Crippen LogP contribution in [0, 0.1) is 10.1 Å². The summed E-state index contributed by atoms with van der Waals surface area (Å²) in [5, 5.41) is 29.0. The highest BCUT2D eigenvalue weighted by Gasteiger charge is 2.33. The zero-order valence-corrected chi connectivity index (χ0v) is 10.2. The molecule has 0 amide bonds. The maximum Gasteiger partial charge on any atom is 0.345 e. The predicted octanol–water partition coefficient (Wildman–Crippen LogP) is -1.08. The number of carbonyl (C=O) groups excluding carboxylic acids is 3. The van der Waals surface area contributed by atoms with Gasteiger partial charge < -0.3 is 19.7 Å². The monoisotopic (exact) mass is 299 g/mol. The molecule has 0 radical (unpaired) electrons. The number of nitro groups is 1. The molecule has 2 unspecified atom stereocenters. The number of benzene rings is 1. The minimum Gasteiger partial charge on any atom is -0.425 e. The quantitative estimate of drug-likeness (QED) is 0.167. The maximum absolute atomic E-state index is 11.4. The van der Waals surface area contributed by atoms with Gasteiger partial charge in [0.1, 0.15) is 5.75 Å². The number of aliphatic hydroxyl groups is 2. The molecule has 0 fully saturated rings. The summed E-state index contributed by atoms with van der Waals surface area (Å²) in [6.07, 6.45) is -4.59. The zero-order valence-electron chi connectivity index (χ0n) is 10.2. The van der Waals surface area contributed by atoms with Crippen molar-refractivity contribution in [2.45, 2.75) is 12.2 Å². The van der Waals surface area contributed by atoms with Crippen LogP contribution in [0.5, 0.6) is 5.75 Å². The number of nitrogens with zero attached hydrogens (tertiary/aromatic N) is 1. The van der Waals surface area contributed by atoms with Crippen LogP contribution in [-0.2, 0) is 19.1 Å². The van der Waals surface area contributed by atoms with Gasteiger partial charge in [-0.3, -0.25) is 14.9 Å². The summed E-state index contributed by atoms with van der Waals surface area (Å²) < 4.78 is 8.35. The lowest BCUT2D eigenvalue weighted by molar-refractivity contribution is -0.384. The van der Waals surface area contributed by atoms with Crippen LogP contribution < -0.4 is 4.74 Å². The maximum atomic E-state index is 11.4. The summed E-state index contributed by atoms with van der Waals surface area (Å²) in [6.45, 7) is -0.278. The predicted molar refractivity (Wildman–Crippen MR) is 62.9 cm³/mol. The van der Waals surface area contributed by atoms with Crippen molar-refractivity contribution in [3.63, 3.8) is 0 Å². The Morgan fingerprint density at radius 1 is 1.14 bits per heavy atom. The van der Waals surface area contributed by atoms with Gasteiger partial charge in [-0.1, -0.05) is 0 Å². The molecule has 1 rings (SSSR count). The number of rotatable bonds is 6. The average molecular weight is 299 g/mol. The highest BCUT2D eigenvalue weighted by molar-refractivity contribution is 5.88. The van der Waals surface area contributed by atoms with E-state index >= 15 is 0 Å². The Hall–Kier alpha value is -2.85. The summed E-state index contributed by atoms with van der Waals surface area (Å²) in [6, 6.07) is 4.26. The molecule has 0 spiro atoms.